The molecule has 0 atom stereocenters. The first-order valence-electron chi connectivity index (χ1n) is 8.16. The molecule has 1 heterocycles. The first kappa shape index (κ1) is 16.5. The third-order valence-electron chi connectivity index (χ3n) is 3.98. The van der Waals surface area contributed by atoms with Gasteiger partial charge in [0.2, 0.25) is 0 Å². The first-order valence-corrected chi connectivity index (χ1v) is 8.16. The second kappa shape index (κ2) is 6.76. The summed E-state index contributed by atoms with van der Waals surface area (Å²) in [6.07, 6.45) is 0. The van der Waals surface area contributed by atoms with E-state index in [9.17, 15) is 14.4 Å². The Bertz CT molecular complexity index is 1010. The highest BCUT2D eigenvalue weighted by atomic mass is 16.7. The van der Waals surface area contributed by atoms with Gasteiger partial charge >= 0.3 is 5.97 Å². The molecular formula is C21H13NO5. The number of carbonyl (C=O) groups is 3. The van der Waals surface area contributed by atoms with E-state index in [2.05, 4.69) is 0 Å². The Labute approximate surface area is 154 Å². The lowest BCUT2D eigenvalue weighted by Gasteiger charge is -2.13. The lowest BCUT2D eigenvalue weighted by atomic mass is 10.1. The Morgan fingerprint density at radius 1 is 0.704 bits per heavy atom. The number of carbonyl (C=O) groups excluding carboxylic acids is 3. The van der Waals surface area contributed by atoms with Crippen molar-refractivity contribution in [3.05, 3.63) is 95.6 Å². The van der Waals surface area contributed by atoms with Crippen LogP contribution in [0.15, 0.2) is 78.9 Å². The molecule has 0 saturated carbocycles. The van der Waals surface area contributed by atoms with Crippen LogP contribution in [-0.2, 0) is 4.84 Å². The molecule has 2 amide bonds. The summed E-state index contributed by atoms with van der Waals surface area (Å²) in [4.78, 5) is 42.0. The molecule has 0 N–H and O–H groups in total. The largest absolute Gasteiger partial charge is 0.457 e. The van der Waals surface area contributed by atoms with Crippen LogP contribution in [0.25, 0.3) is 0 Å². The van der Waals surface area contributed by atoms with Crippen molar-refractivity contribution in [2.24, 2.45) is 0 Å². The highest BCUT2D eigenvalue weighted by molar-refractivity contribution is 6.21. The summed E-state index contributed by atoms with van der Waals surface area (Å²) in [5, 5.41) is 0.484. The predicted octanol–water partition coefficient (Wildman–Crippen LogP) is 3.85. The molecule has 0 unspecified atom stereocenters. The maximum atomic E-state index is 12.4. The molecule has 0 fully saturated rings. The fourth-order valence-corrected chi connectivity index (χ4v) is 2.70. The summed E-state index contributed by atoms with van der Waals surface area (Å²) < 4.78 is 5.68. The number of amides is 2. The van der Waals surface area contributed by atoms with Gasteiger partial charge in [0.15, 0.2) is 0 Å². The van der Waals surface area contributed by atoms with Crippen LogP contribution >= 0.6 is 0 Å². The van der Waals surface area contributed by atoms with Gasteiger partial charge in [0.25, 0.3) is 11.8 Å². The Morgan fingerprint density at radius 3 is 1.96 bits per heavy atom. The second-order valence-electron chi connectivity index (χ2n) is 5.77. The third kappa shape index (κ3) is 3.16. The minimum atomic E-state index is -0.831. The van der Waals surface area contributed by atoms with Crippen LogP contribution in [0, 0.1) is 0 Å². The van der Waals surface area contributed by atoms with E-state index in [4.69, 9.17) is 9.57 Å². The van der Waals surface area contributed by atoms with Gasteiger partial charge in [0.05, 0.1) is 16.7 Å². The van der Waals surface area contributed by atoms with E-state index in [0.29, 0.717) is 16.6 Å². The smallest absolute Gasteiger partial charge is 0.364 e. The minimum Gasteiger partial charge on any atom is -0.457 e. The Morgan fingerprint density at radius 2 is 1.30 bits per heavy atom. The lowest BCUT2D eigenvalue weighted by Crippen LogP contribution is -2.32. The number of hydrogen-bond acceptors (Lipinski definition) is 5. The summed E-state index contributed by atoms with van der Waals surface area (Å²) in [6, 6.07) is 21.7. The molecule has 0 radical (unpaired) electrons. The van der Waals surface area contributed by atoms with Gasteiger partial charge in [-0.3, -0.25) is 9.59 Å². The SMILES string of the molecule is O=C(ON1C(=O)c2ccccc2C1=O)c1cccc(Oc2ccccc2)c1. The van der Waals surface area contributed by atoms with Crippen LogP contribution in [-0.4, -0.2) is 22.8 Å². The number of benzene rings is 3. The Balaban J connectivity index is 1.52. The summed E-state index contributed by atoms with van der Waals surface area (Å²) in [7, 11) is 0. The Hall–Kier alpha value is -3.93. The monoisotopic (exact) mass is 359 g/mol. The molecule has 3 aromatic rings. The highest BCUT2D eigenvalue weighted by Crippen LogP contribution is 2.25. The fraction of sp³-hybridized carbons (Fsp3) is 0. The van der Waals surface area contributed by atoms with Crippen LogP contribution in [0.5, 0.6) is 11.5 Å². The molecule has 0 spiro atoms. The van der Waals surface area contributed by atoms with Gasteiger partial charge in [0.1, 0.15) is 11.5 Å². The molecule has 4 rings (SSSR count). The maximum Gasteiger partial charge on any atom is 0.364 e. The zero-order chi connectivity index (χ0) is 18.8. The zero-order valence-electron chi connectivity index (χ0n) is 14.0. The van der Waals surface area contributed by atoms with Gasteiger partial charge in [-0.05, 0) is 42.5 Å². The molecule has 27 heavy (non-hydrogen) atoms. The number of para-hydroxylation sites is 1. The van der Waals surface area contributed by atoms with E-state index >= 15 is 0 Å². The number of hydrogen-bond donors (Lipinski definition) is 0. The number of hydroxylamine groups is 2. The molecule has 0 bridgehead atoms. The quantitative estimate of drug-likeness (QED) is 0.662. The molecule has 1 aliphatic rings. The van der Waals surface area contributed by atoms with Crippen molar-refractivity contribution in [3.8, 4) is 11.5 Å². The topological polar surface area (TPSA) is 72.9 Å². The lowest BCUT2D eigenvalue weighted by molar-refractivity contribution is -0.0584. The molecule has 6 heteroatoms. The Kier molecular flexibility index (Phi) is 4.14. The molecule has 3 aromatic carbocycles. The highest BCUT2D eigenvalue weighted by Gasteiger charge is 2.38. The number of imide groups is 1. The van der Waals surface area contributed by atoms with E-state index in [1.54, 1.807) is 36.4 Å². The van der Waals surface area contributed by atoms with Crippen molar-refractivity contribution >= 4 is 17.8 Å². The van der Waals surface area contributed by atoms with Crippen molar-refractivity contribution < 1.29 is 24.0 Å². The number of ether oxygens (including phenoxy) is 1. The standard InChI is InChI=1S/C21H13NO5/c23-19-17-11-4-5-12-18(17)20(24)22(19)27-21(25)14-7-6-10-16(13-14)26-15-8-2-1-3-9-15/h1-13H. The van der Waals surface area contributed by atoms with Crippen LogP contribution in [0.2, 0.25) is 0 Å². The third-order valence-corrected chi connectivity index (χ3v) is 3.98. The molecule has 0 aromatic heterocycles. The van der Waals surface area contributed by atoms with E-state index in [1.807, 2.05) is 18.2 Å². The van der Waals surface area contributed by atoms with Crippen LogP contribution in [0.3, 0.4) is 0 Å². The molecule has 0 aliphatic carbocycles. The zero-order valence-corrected chi connectivity index (χ0v) is 14.0. The van der Waals surface area contributed by atoms with Crippen molar-refractivity contribution in [3.63, 3.8) is 0 Å². The van der Waals surface area contributed by atoms with Crippen LogP contribution < -0.4 is 4.74 Å². The van der Waals surface area contributed by atoms with Gasteiger partial charge in [0, 0.05) is 0 Å². The van der Waals surface area contributed by atoms with E-state index in [1.165, 1.54) is 24.3 Å². The number of nitrogens with zero attached hydrogens (tertiary/aromatic N) is 1. The van der Waals surface area contributed by atoms with Gasteiger partial charge in [-0.15, -0.1) is 0 Å². The maximum absolute atomic E-state index is 12.4. The van der Waals surface area contributed by atoms with E-state index in [-0.39, 0.29) is 16.7 Å². The average Bonchev–Trinajstić information content (AvgIpc) is 2.94. The fourth-order valence-electron chi connectivity index (χ4n) is 2.70. The summed E-state index contributed by atoms with van der Waals surface area (Å²) in [5.41, 5.74) is 0.563. The first-order chi connectivity index (χ1) is 13.1. The van der Waals surface area contributed by atoms with Crippen molar-refractivity contribution in [1.82, 2.24) is 5.06 Å². The van der Waals surface area contributed by atoms with Gasteiger partial charge in [-0.1, -0.05) is 41.5 Å². The molecular weight excluding hydrogens is 346 g/mol. The van der Waals surface area contributed by atoms with Crippen molar-refractivity contribution in [2.45, 2.75) is 0 Å². The van der Waals surface area contributed by atoms with E-state index in [0.717, 1.165) is 0 Å². The summed E-state index contributed by atoms with van der Waals surface area (Å²) >= 11 is 0. The van der Waals surface area contributed by atoms with Gasteiger partial charge in [-0.25, -0.2) is 4.79 Å². The average molecular weight is 359 g/mol. The van der Waals surface area contributed by atoms with Crippen molar-refractivity contribution in [2.75, 3.05) is 0 Å². The second-order valence-corrected chi connectivity index (χ2v) is 5.77. The summed E-state index contributed by atoms with van der Waals surface area (Å²) in [5.74, 6) is -1.12. The molecule has 6 nitrogen and oxygen atoms in total. The normalized spacial score (nSPS) is 12.7. The molecule has 1 aliphatic heterocycles. The van der Waals surface area contributed by atoms with Crippen LogP contribution in [0.4, 0.5) is 0 Å². The molecule has 132 valence electrons. The van der Waals surface area contributed by atoms with Crippen molar-refractivity contribution in [1.29, 1.82) is 0 Å². The van der Waals surface area contributed by atoms with Gasteiger partial charge < -0.3 is 9.57 Å². The van der Waals surface area contributed by atoms with Gasteiger partial charge in [-0.2, -0.15) is 0 Å². The number of rotatable bonds is 4. The number of fused-ring (bicyclic) bond motifs is 1. The summed E-state index contributed by atoms with van der Waals surface area (Å²) in [6.45, 7) is 0. The van der Waals surface area contributed by atoms with E-state index < -0.39 is 17.8 Å². The van der Waals surface area contributed by atoms with Crippen LogP contribution in [0.1, 0.15) is 31.1 Å². The molecule has 0 saturated heterocycles. The minimum absolute atomic E-state index is 0.153. The predicted molar refractivity (Wildman–Crippen MR) is 95.3 cm³/mol.